The Morgan fingerprint density at radius 1 is 1.24 bits per heavy atom. The standard InChI is InChI=1S/C14H18N2O/c1-15-8-4-7-13(15)14(17)16-9-11-5-2-3-6-12(11)10-16/h2-3,5-6,13H,4,7-10H2,1H3/t13-/m0/s1. The minimum atomic E-state index is 0.115. The van der Waals surface area contributed by atoms with Crippen molar-refractivity contribution in [2.24, 2.45) is 0 Å². The molecule has 1 aromatic rings. The summed E-state index contributed by atoms with van der Waals surface area (Å²) in [4.78, 5) is 16.6. The summed E-state index contributed by atoms with van der Waals surface area (Å²) in [5, 5.41) is 0. The first kappa shape index (κ1) is 10.8. The van der Waals surface area contributed by atoms with Crippen molar-refractivity contribution in [1.82, 2.24) is 9.80 Å². The van der Waals surface area contributed by atoms with Crippen LogP contribution in [0.15, 0.2) is 24.3 Å². The molecule has 1 fully saturated rings. The minimum Gasteiger partial charge on any atom is -0.333 e. The molecule has 0 saturated carbocycles. The van der Waals surface area contributed by atoms with Crippen LogP contribution in [0.5, 0.6) is 0 Å². The summed E-state index contributed by atoms with van der Waals surface area (Å²) in [6, 6.07) is 8.47. The molecule has 2 heterocycles. The average molecular weight is 230 g/mol. The first-order valence-corrected chi connectivity index (χ1v) is 6.31. The van der Waals surface area contributed by atoms with E-state index in [0.717, 1.165) is 32.5 Å². The normalized spacial score (nSPS) is 24.1. The Labute approximate surface area is 102 Å². The second-order valence-corrected chi connectivity index (χ2v) is 5.10. The smallest absolute Gasteiger partial charge is 0.240 e. The summed E-state index contributed by atoms with van der Waals surface area (Å²) in [6.45, 7) is 2.63. The Bertz CT molecular complexity index is 419. The Morgan fingerprint density at radius 2 is 1.88 bits per heavy atom. The second kappa shape index (κ2) is 4.15. The number of hydrogen-bond acceptors (Lipinski definition) is 2. The van der Waals surface area contributed by atoms with Crippen molar-refractivity contribution in [3.05, 3.63) is 35.4 Å². The summed E-state index contributed by atoms with van der Waals surface area (Å²) < 4.78 is 0. The van der Waals surface area contributed by atoms with Gasteiger partial charge < -0.3 is 4.90 Å². The van der Waals surface area contributed by atoms with E-state index < -0.39 is 0 Å². The molecule has 1 atom stereocenters. The van der Waals surface area contributed by atoms with Crippen molar-refractivity contribution in [2.75, 3.05) is 13.6 Å². The number of likely N-dealkylation sites (N-methyl/N-ethyl adjacent to an activating group) is 1. The van der Waals surface area contributed by atoms with Crippen LogP contribution in [-0.2, 0) is 17.9 Å². The first-order chi connectivity index (χ1) is 8.25. The zero-order valence-electron chi connectivity index (χ0n) is 10.2. The predicted octanol–water partition coefficient (Wildman–Crippen LogP) is 1.62. The summed E-state index contributed by atoms with van der Waals surface area (Å²) >= 11 is 0. The molecule has 1 amide bonds. The molecule has 0 aromatic heterocycles. The molecule has 0 aliphatic carbocycles. The highest BCUT2D eigenvalue weighted by atomic mass is 16.2. The summed E-state index contributed by atoms with van der Waals surface area (Å²) in [5.74, 6) is 0.307. The number of nitrogens with zero attached hydrogens (tertiary/aromatic N) is 2. The Balaban J connectivity index is 1.74. The Kier molecular flexibility index (Phi) is 2.63. The minimum absolute atomic E-state index is 0.115. The van der Waals surface area contributed by atoms with Gasteiger partial charge in [0.1, 0.15) is 0 Å². The van der Waals surface area contributed by atoms with E-state index in [-0.39, 0.29) is 6.04 Å². The molecule has 3 rings (SSSR count). The highest BCUT2D eigenvalue weighted by molar-refractivity contribution is 5.82. The number of amides is 1. The Hall–Kier alpha value is -1.35. The zero-order chi connectivity index (χ0) is 11.8. The zero-order valence-corrected chi connectivity index (χ0v) is 10.2. The second-order valence-electron chi connectivity index (χ2n) is 5.10. The molecule has 0 spiro atoms. The maximum absolute atomic E-state index is 12.4. The molecule has 3 nitrogen and oxygen atoms in total. The highest BCUT2D eigenvalue weighted by Crippen LogP contribution is 2.25. The lowest BCUT2D eigenvalue weighted by atomic mass is 10.1. The van der Waals surface area contributed by atoms with Crippen molar-refractivity contribution in [1.29, 1.82) is 0 Å². The van der Waals surface area contributed by atoms with Crippen molar-refractivity contribution in [3.8, 4) is 0 Å². The van der Waals surface area contributed by atoms with Gasteiger partial charge in [-0.25, -0.2) is 0 Å². The van der Waals surface area contributed by atoms with E-state index in [9.17, 15) is 4.79 Å². The van der Waals surface area contributed by atoms with Gasteiger partial charge in [0, 0.05) is 13.1 Å². The molecule has 3 heteroatoms. The molecule has 1 aromatic carbocycles. The summed E-state index contributed by atoms with van der Waals surface area (Å²) in [6.07, 6.45) is 2.16. The molecule has 2 aliphatic rings. The maximum atomic E-state index is 12.4. The molecule has 0 N–H and O–H groups in total. The van der Waals surface area contributed by atoms with Crippen LogP contribution in [0.2, 0.25) is 0 Å². The van der Waals surface area contributed by atoms with Gasteiger partial charge in [-0.05, 0) is 37.6 Å². The number of hydrogen-bond donors (Lipinski definition) is 0. The molecule has 0 unspecified atom stereocenters. The van der Waals surface area contributed by atoms with Crippen LogP contribution >= 0.6 is 0 Å². The SMILES string of the molecule is CN1CCC[C@H]1C(=O)N1Cc2ccccc2C1. The third-order valence-corrected chi connectivity index (χ3v) is 3.96. The third kappa shape index (κ3) is 1.84. The first-order valence-electron chi connectivity index (χ1n) is 6.31. The van der Waals surface area contributed by atoms with E-state index in [1.54, 1.807) is 0 Å². The van der Waals surface area contributed by atoms with Crippen LogP contribution in [0.3, 0.4) is 0 Å². The molecule has 1 saturated heterocycles. The van der Waals surface area contributed by atoms with E-state index >= 15 is 0 Å². The van der Waals surface area contributed by atoms with Gasteiger partial charge in [-0.3, -0.25) is 9.69 Å². The topological polar surface area (TPSA) is 23.6 Å². The van der Waals surface area contributed by atoms with Crippen molar-refractivity contribution in [3.63, 3.8) is 0 Å². The quantitative estimate of drug-likeness (QED) is 0.732. The lowest BCUT2D eigenvalue weighted by Gasteiger charge is -2.24. The van der Waals surface area contributed by atoms with E-state index in [4.69, 9.17) is 0 Å². The van der Waals surface area contributed by atoms with Gasteiger partial charge in [0.25, 0.3) is 0 Å². The molecular formula is C14H18N2O. The van der Waals surface area contributed by atoms with E-state index in [2.05, 4.69) is 36.2 Å². The van der Waals surface area contributed by atoms with Gasteiger partial charge in [-0.1, -0.05) is 24.3 Å². The molecule has 90 valence electrons. The fourth-order valence-electron chi connectivity index (χ4n) is 2.92. The van der Waals surface area contributed by atoms with Crippen LogP contribution in [-0.4, -0.2) is 35.3 Å². The molecule has 0 bridgehead atoms. The molecule has 17 heavy (non-hydrogen) atoms. The fourth-order valence-corrected chi connectivity index (χ4v) is 2.92. The van der Waals surface area contributed by atoms with Crippen LogP contribution in [0.25, 0.3) is 0 Å². The van der Waals surface area contributed by atoms with Gasteiger partial charge >= 0.3 is 0 Å². The van der Waals surface area contributed by atoms with Crippen LogP contribution in [0.1, 0.15) is 24.0 Å². The monoisotopic (exact) mass is 230 g/mol. The van der Waals surface area contributed by atoms with E-state index in [0.29, 0.717) is 5.91 Å². The van der Waals surface area contributed by atoms with Crippen LogP contribution in [0, 0.1) is 0 Å². The number of rotatable bonds is 1. The van der Waals surface area contributed by atoms with Crippen LogP contribution < -0.4 is 0 Å². The molecule has 2 aliphatic heterocycles. The summed E-state index contributed by atoms with van der Waals surface area (Å²) in [7, 11) is 2.05. The molecular weight excluding hydrogens is 212 g/mol. The average Bonchev–Trinajstić information content (AvgIpc) is 2.93. The largest absolute Gasteiger partial charge is 0.333 e. The van der Waals surface area contributed by atoms with Crippen molar-refractivity contribution in [2.45, 2.75) is 32.0 Å². The molecule has 0 radical (unpaired) electrons. The third-order valence-electron chi connectivity index (χ3n) is 3.96. The van der Waals surface area contributed by atoms with E-state index in [1.807, 2.05) is 4.90 Å². The Morgan fingerprint density at radius 3 is 2.41 bits per heavy atom. The lowest BCUT2D eigenvalue weighted by molar-refractivity contribution is -0.136. The predicted molar refractivity (Wildman–Crippen MR) is 66.3 cm³/mol. The number of likely N-dealkylation sites (tertiary alicyclic amines) is 1. The van der Waals surface area contributed by atoms with Gasteiger partial charge in [0.2, 0.25) is 5.91 Å². The number of carbonyl (C=O) groups is 1. The van der Waals surface area contributed by atoms with Crippen LogP contribution in [0.4, 0.5) is 0 Å². The number of benzene rings is 1. The number of fused-ring (bicyclic) bond motifs is 1. The van der Waals surface area contributed by atoms with Gasteiger partial charge in [0.15, 0.2) is 0 Å². The maximum Gasteiger partial charge on any atom is 0.240 e. The van der Waals surface area contributed by atoms with Crippen molar-refractivity contribution >= 4 is 5.91 Å². The van der Waals surface area contributed by atoms with Crippen molar-refractivity contribution < 1.29 is 4.79 Å². The lowest BCUT2D eigenvalue weighted by Crippen LogP contribution is -2.41. The number of carbonyl (C=O) groups excluding carboxylic acids is 1. The van der Waals surface area contributed by atoms with Gasteiger partial charge in [0.05, 0.1) is 6.04 Å². The van der Waals surface area contributed by atoms with Gasteiger partial charge in [-0.2, -0.15) is 0 Å². The fraction of sp³-hybridized carbons (Fsp3) is 0.500. The summed E-state index contributed by atoms with van der Waals surface area (Å²) in [5.41, 5.74) is 2.61. The highest BCUT2D eigenvalue weighted by Gasteiger charge is 2.33. The van der Waals surface area contributed by atoms with Gasteiger partial charge in [-0.15, -0.1) is 0 Å². The van der Waals surface area contributed by atoms with E-state index in [1.165, 1.54) is 11.1 Å².